The van der Waals surface area contributed by atoms with Gasteiger partial charge in [0.1, 0.15) is 0 Å². The predicted molar refractivity (Wildman–Crippen MR) is 96.6 cm³/mol. The molecule has 0 aliphatic rings. The first-order valence-electron chi connectivity index (χ1n) is 8.74. The van der Waals surface area contributed by atoms with Gasteiger partial charge in [0.15, 0.2) is 0 Å². The van der Waals surface area contributed by atoms with Crippen LogP contribution in [0, 0.1) is 0 Å². The monoisotopic (exact) mass is 415 g/mol. The molecule has 0 saturated carbocycles. The second-order valence-electron chi connectivity index (χ2n) is 5.89. The molecule has 2 N–H and O–H groups in total. The molecule has 1 rings (SSSR count). The summed E-state index contributed by atoms with van der Waals surface area (Å²) in [5, 5.41) is 0. The van der Waals surface area contributed by atoms with Gasteiger partial charge in [0.25, 0.3) is 0 Å². The van der Waals surface area contributed by atoms with Gasteiger partial charge in [-0.2, -0.15) is 0 Å². The number of unbranched alkanes of at least 4 members (excludes halogenated alkanes) is 2. The van der Waals surface area contributed by atoms with Crippen LogP contribution in [0.2, 0.25) is 4.44 Å². The molecule has 0 fully saturated rings. The predicted octanol–water partition coefficient (Wildman–Crippen LogP) is 4.01. The van der Waals surface area contributed by atoms with Gasteiger partial charge in [-0.25, -0.2) is 0 Å². The van der Waals surface area contributed by atoms with Crippen LogP contribution in [0.15, 0.2) is 24.3 Å². The second kappa shape index (κ2) is 10.6. The first kappa shape index (κ1) is 19.9. The first-order valence-corrected chi connectivity index (χ1v) is 14.5. The molecule has 0 aliphatic carbocycles. The molecular weight excluding hydrogens is 381 g/mol. The van der Waals surface area contributed by atoms with Crippen LogP contribution in [-0.2, 0) is 6.15 Å². The molecule has 1 unspecified atom stereocenters. The number of benzene rings is 1. The molecule has 0 radical (unpaired) electrons. The summed E-state index contributed by atoms with van der Waals surface area (Å²) >= 11 is -3.30. The third kappa shape index (κ3) is 5.51. The van der Waals surface area contributed by atoms with Gasteiger partial charge in [0.05, 0.1) is 0 Å². The van der Waals surface area contributed by atoms with Crippen molar-refractivity contribution in [2.24, 2.45) is 5.73 Å². The Morgan fingerprint density at radius 2 is 1.55 bits per heavy atom. The summed E-state index contributed by atoms with van der Waals surface area (Å²) in [7, 11) is 0. The second-order valence-corrected chi connectivity index (χ2v) is 15.4. The summed E-state index contributed by atoms with van der Waals surface area (Å²) in [6.07, 6.45) is 4.48. The Labute approximate surface area is 141 Å². The fourth-order valence-electron chi connectivity index (χ4n) is 2.60. The number of nitrogens with two attached hydrogens (primary N) is 1. The molecule has 3 nitrogen and oxygen atoms in total. The molecular formula is C18H33NO2Sn. The van der Waals surface area contributed by atoms with E-state index in [2.05, 4.69) is 45.0 Å². The summed E-state index contributed by atoms with van der Waals surface area (Å²) in [6, 6.07) is 8.49. The standard InChI is InChI=1S/C8H10N.2C4H9O.C2H5.Sn/c1-7(9)8-5-3-2-4-6-8;2*1-2-3-4-5;1-2;/h2-5,7H,9H2,1H3;2*2-4H2,1H3;1H2,2H3;/q;2*-1;;+2. The fraction of sp³-hybridized carbons (Fsp3) is 0.667. The summed E-state index contributed by atoms with van der Waals surface area (Å²) in [4.78, 5) is 0. The minimum atomic E-state index is -3.30. The molecule has 0 aliphatic heterocycles. The van der Waals surface area contributed by atoms with E-state index in [9.17, 15) is 0 Å². The molecule has 1 aromatic rings. The molecule has 22 heavy (non-hydrogen) atoms. The Morgan fingerprint density at radius 3 is 2.00 bits per heavy atom. The van der Waals surface area contributed by atoms with Gasteiger partial charge >= 0.3 is 142 Å². The van der Waals surface area contributed by atoms with Crippen LogP contribution >= 0.6 is 0 Å². The van der Waals surface area contributed by atoms with E-state index in [1.54, 1.807) is 0 Å². The van der Waals surface area contributed by atoms with Crippen molar-refractivity contribution >= 4 is 22.8 Å². The van der Waals surface area contributed by atoms with Crippen molar-refractivity contribution in [1.82, 2.24) is 0 Å². The Kier molecular flexibility index (Phi) is 9.64. The molecule has 0 spiro atoms. The van der Waals surface area contributed by atoms with Gasteiger partial charge in [-0.15, -0.1) is 0 Å². The van der Waals surface area contributed by atoms with E-state index in [1.807, 2.05) is 6.92 Å². The average molecular weight is 414 g/mol. The Morgan fingerprint density at radius 1 is 1.00 bits per heavy atom. The van der Waals surface area contributed by atoms with Crippen LogP contribution in [0.1, 0.15) is 65.0 Å². The van der Waals surface area contributed by atoms with Gasteiger partial charge in [0, 0.05) is 0 Å². The van der Waals surface area contributed by atoms with Gasteiger partial charge in [-0.1, -0.05) is 0 Å². The maximum atomic E-state index is 6.48. The third-order valence-corrected chi connectivity index (χ3v) is 14.1. The summed E-state index contributed by atoms with van der Waals surface area (Å²) < 4.78 is 15.2. The van der Waals surface area contributed by atoms with Crippen molar-refractivity contribution in [3.05, 3.63) is 29.8 Å². The van der Waals surface area contributed by atoms with Crippen LogP contribution in [0.3, 0.4) is 0 Å². The molecule has 126 valence electrons. The van der Waals surface area contributed by atoms with Crippen molar-refractivity contribution in [1.29, 1.82) is 0 Å². The van der Waals surface area contributed by atoms with Gasteiger partial charge in [-0.3, -0.25) is 0 Å². The first-order chi connectivity index (χ1) is 10.6. The maximum absolute atomic E-state index is 6.48. The van der Waals surface area contributed by atoms with E-state index in [0.717, 1.165) is 43.3 Å². The van der Waals surface area contributed by atoms with Crippen LogP contribution in [-0.4, -0.2) is 32.4 Å². The van der Waals surface area contributed by atoms with Crippen LogP contribution in [0.4, 0.5) is 0 Å². The topological polar surface area (TPSA) is 44.5 Å². The Hall–Kier alpha value is -0.101. The van der Waals surface area contributed by atoms with E-state index < -0.39 is 19.2 Å². The molecule has 0 amide bonds. The van der Waals surface area contributed by atoms with Crippen molar-refractivity contribution in [2.75, 3.05) is 13.2 Å². The van der Waals surface area contributed by atoms with Crippen molar-refractivity contribution in [3.63, 3.8) is 0 Å². The van der Waals surface area contributed by atoms with E-state index in [4.69, 9.17) is 11.9 Å². The number of hydrogen-bond donors (Lipinski definition) is 1. The van der Waals surface area contributed by atoms with Crippen molar-refractivity contribution in [3.8, 4) is 0 Å². The van der Waals surface area contributed by atoms with Crippen LogP contribution in [0.25, 0.3) is 0 Å². The Bertz CT molecular complexity index is 413. The zero-order chi connectivity index (χ0) is 16.4. The van der Waals surface area contributed by atoms with Crippen LogP contribution < -0.4 is 9.31 Å². The van der Waals surface area contributed by atoms with Gasteiger partial charge in [0.2, 0.25) is 0 Å². The normalized spacial score (nSPS) is 13.3. The van der Waals surface area contributed by atoms with E-state index in [1.165, 1.54) is 9.14 Å². The van der Waals surface area contributed by atoms with E-state index >= 15 is 0 Å². The molecule has 4 heteroatoms. The van der Waals surface area contributed by atoms with Crippen molar-refractivity contribution < 1.29 is 6.15 Å². The number of rotatable bonds is 11. The van der Waals surface area contributed by atoms with E-state index in [0.29, 0.717) is 0 Å². The number of hydrogen-bond acceptors (Lipinski definition) is 3. The average Bonchev–Trinajstić information content (AvgIpc) is 2.54. The molecule has 0 saturated heterocycles. The third-order valence-electron chi connectivity index (χ3n) is 3.99. The molecule has 0 bridgehead atoms. The van der Waals surface area contributed by atoms with E-state index in [-0.39, 0.29) is 6.04 Å². The van der Waals surface area contributed by atoms with Gasteiger partial charge < -0.3 is 0 Å². The zero-order valence-electron chi connectivity index (χ0n) is 14.7. The van der Waals surface area contributed by atoms with Crippen molar-refractivity contribution in [2.45, 2.75) is 63.9 Å². The quantitative estimate of drug-likeness (QED) is 0.440. The molecule has 0 aromatic heterocycles. The minimum absolute atomic E-state index is 0.0170. The molecule has 0 heterocycles. The summed E-state index contributed by atoms with van der Waals surface area (Å²) in [5.74, 6) is 0. The van der Waals surface area contributed by atoms with Gasteiger partial charge in [-0.05, 0) is 0 Å². The Balaban J connectivity index is 3.10. The SMILES string of the molecule is CCCC[O][Sn]([CH2]C)([O]CCCC)[c]1ccccc1C(C)N. The fourth-order valence-corrected chi connectivity index (χ4v) is 11.8. The summed E-state index contributed by atoms with van der Waals surface area (Å²) in [5.41, 5.74) is 7.40. The zero-order valence-corrected chi connectivity index (χ0v) is 17.6. The van der Waals surface area contributed by atoms with Crippen LogP contribution in [0.5, 0.6) is 0 Å². The molecule has 1 atom stereocenters. The molecule has 1 aromatic carbocycles. The summed E-state index contributed by atoms with van der Waals surface area (Å²) in [6.45, 7) is 10.3.